The molecule has 1 heterocycles. The lowest BCUT2D eigenvalue weighted by Crippen LogP contribution is -2.21. The lowest BCUT2D eigenvalue weighted by Gasteiger charge is -2.09. The molecule has 0 saturated carbocycles. The van der Waals surface area contributed by atoms with Gasteiger partial charge in [-0.25, -0.2) is 4.68 Å². The number of rotatable bonds is 4. The molecule has 0 aliphatic carbocycles. The highest BCUT2D eigenvalue weighted by atomic mass is 19.4. The molecule has 1 aromatic carbocycles. The highest BCUT2D eigenvalue weighted by Gasteiger charge is 2.33. The third-order valence-electron chi connectivity index (χ3n) is 2.77. The summed E-state index contributed by atoms with van der Waals surface area (Å²) in [6, 6.07) is 8.60. The molecule has 0 amide bonds. The van der Waals surface area contributed by atoms with Gasteiger partial charge in [0, 0.05) is 18.8 Å². The molecule has 1 aromatic heterocycles. The zero-order valence-corrected chi connectivity index (χ0v) is 11.3. The topological polar surface area (TPSA) is 29.9 Å². The fourth-order valence-electron chi connectivity index (χ4n) is 1.75. The molecule has 0 aliphatic heterocycles. The monoisotopic (exact) mass is 283 g/mol. The van der Waals surface area contributed by atoms with Crippen LogP contribution in [0, 0.1) is 0 Å². The lowest BCUT2D eigenvalue weighted by molar-refractivity contribution is -0.141. The first-order chi connectivity index (χ1) is 9.36. The lowest BCUT2D eigenvalue weighted by atomic mass is 10.2. The summed E-state index contributed by atoms with van der Waals surface area (Å²) in [6.07, 6.45) is -3.10. The maximum Gasteiger partial charge on any atom is 0.435 e. The Morgan fingerprint density at radius 2 is 2.00 bits per heavy atom. The summed E-state index contributed by atoms with van der Waals surface area (Å²) >= 11 is 0. The van der Waals surface area contributed by atoms with Gasteiger partial charge in [0.25, 0.3) is 0 Å². The Kier molecular flexibility index (Phi) is 4.13. The molecule has 108 valence electrons. The molecule has 0 bridgehead atoms. The highest BCUT2D eigenvalue weighted by molar-refractivity contribution is 5.35. The molecule has 3 nitrogen and oxygen atoms in total. The number of hydrogen-bond acceptors (Lipinski definition) is 2. The average molecular weight is 283 g/mol. The van der Waals surface area contributed by atoms with E-state index in [1.54, 1.807) is 6.07 Å². The fraction of sp³-hybridized carbons (Fsp3) is 0.357. The molecular formula is C14H16F3N3. The molecule has 0 radical (unpaired) electrons. The van der Waals surface area contributed by atoms with Crippen molar-refractivity contribution in [3.05, 3.63) is 47.8 Å². The average Bonchev–Trinajstić information content (AvgIpc) is 2.86. The summed E-state index contributed by atoms with van der Waals surface area (Å²) in [5, 5.41) is 6.82. The first kappa shape index (κ1) is 14.6. The van der Waals surface area contributed by atoms with E-state index in [2.05, 4.69) is 10.4 Å². The SMILES string of the molecule is CC(C)NCc1cccc(-n2ccc(C(F)(F)F)n2)c1. The molecule has 0 fully saturated rings. The number of nitrogens with one attached hydrogen (secondary N) is 1. The van der Waals surface area contributed by atoms with Gasteiger partial charge in [0.15, 0.2) is 5.69 Å². The van der Waals surface area contributed by atoms with Gasteiger partial charge in [-0.3, -0.25) is 0 Å². The van der Waals surface area contributed by atoms with E-state index >= 15 is 0 Å². The molecule has 0 atom stereocenters. The summed E-state index contributed by atoms with van der Waals surface area (Å²) in [5.74, 6) is 0. The van der Waals surface area contributed by atoms with Crippen LogP contribution in [0.3, 0.4) is 0 Å². The Morgan fingerprint density at radius 1 is 1.25 bits per heavy atom. The molecule has 2 rings (SSSR count). The van der Waals surface area contributed by atoms with Crippen LogP contribution in [0.2, 0.25) is 0 Å². The van der Waals surface area contributed by atoms with Crippen molar-refractivity contribution in [2.75, 3.05) is 0 Å². The molecule has 6 heteroatoms. The van der Waals surface area contributed by atoms with Crippen LogP contribution in [0.5, 0.6) is 0 Å². The minimum atomic E-state index is -4.41. The van der Waals surface area contributed by atoms with Crippen molar-refractivity contribution in [2.24, 2.45) is 0 Å². The largest absolute Gasteiger partial charge is 0.435 e. The third kappa shape index (κ3) is 3.60. The van der Waals surface area contributed by atoms with Crippen molar-refractivity contribution in [3.63, 3.8) is 0 Å². The Bertz CT molecular complexity index is 573. The van der Waals surface area contributed by atoms with Crippen LogP contribution in [-0.2, 0) is 12.7 Å². The van der Waals surface area contributed by atoms with E-state index in [0.717, 1.165) is 11.6 Å². The van der Waals surface area contributed by atoms with Crippen LogP contribution < -0.4 is 5.32 Å². The van der Waals surface area contributed by atoms with E-state index < -0.39 is 11.9 Å². The smallest absolute Gasteiger partial charge is 0.310 e. The van der Waals surface area contributed by atoms with Crippen LogP contribution in [0.15, 0.2) is 36.5 Å². The minimum absolute atomic E-state index is 0.347. The number of hydrogen-bond donors (Lipinski definition) is 1. The minimum Gasteiger partial charge on any atom is -0.310 e. The van der Waals surface area contributed by atoms with Gasteiger partial charge < -0.3 is 5.32 Å². The van der Waals surface area contributed by atoms with E-state index in [9.17, 15) is 13.2 Å². The normalized spacial score (nSPS) is 12.1. The van der Waals surface area contributed by atoms with Gasteiger partial charge in [-0.1, -0.05) is 26.0 Å². The Balaban J connectivity index is 2.20. The van der Waals surface area contributed by atoms with Crippen LogP contribution in [0.25, 0.3) is 5.69 Å². The highest BCUT2D eigenvalue weighted by Crippen LogP contribution is 2.27. The molecule has 1 N–H and O–H groups in total. The second kappa shape index (κ2) is 5.66. The molecular weight excluding hydrogens is 267 g/mol. The quantitative estimate of drug-likeness (QED) is 0.932. The van der Waals surface area contributed by atoms with Crippen molar-refractivity contribution in [2.45, 2.75) is 32.6 Å². The molecule has 20 heavy (non-hydrogen) atoms. The summed E-state index contributed by atoms with van der Waals surface area (Å²) in [5.41, 5.74) is 0.729. The zero-order valence-electron chi connectivity index (χ0n) is 11.3. The van der Waals surface area contributed by atoms with Gasteiger partial charge in [-0.2, -0.15) is 18.3 Å². The summed E-state index contributed by atoms with van der Waals surface area (Å²) in [7, 11) is 0. The van der Waals surface area contributed by atoms with Crippen molar-refractivity contribution in [1.82, 2.24) is 15.1 Å². The van der Waals surface area contributed by atoms with Gasteiger partial charge in [0.2, 0.25) is 0 Å². The number of aromatic nitrogens is 2. The van der Waals surface area contributed by atoms with Crippen molar-refractivity contribution in [1.29, 1.82) is 0 Å². The predicted molar refractivity (Wildman–Crippen MR) is 70.5 cm³/mol. The van der Waals surface area contributed by atoms with Gasteiger partial charge >= 0.3 is 6.18 Å². The molecule has 0 aliphatic rings. The summed E-state index contributed by atoms with van der Waals surface area (Å²) in [4.78, 5) is 0. The van der Waals surface area contributed by atoms with E-state index in [0.29, 0.717) is 18.3 Å². The van der Waals surface area contributed by atoms with Crippen LogP contribution in [0.4, 0.5) is 13.2 Å². The molecule has 2 aromatic rings. The Morgan fingerprint density at radius 3 is 2.60 bits per heavy atom. The van der Waals surface area contributed by atoms with Gasteiger partial charge in [-0.15, -0.1) is 0 Å². The first-order valence-electron chi connectivity index (χ1n) is 6.32. The van der Waals surface area contributed by atoms with Crippen molar-refractivity contribution in [3.8, 4) is 5.69 Å². The fourth-order valence-corrected chi connectivity index (χ4v) is 1.75. The second-order valence-electron chi connectivity index (χ2n) is 4.85. The van der Waals surface area contributed by atoms with E-state index in [4.69, 9.17) is 0 Å². The summed E-state index contributed by atoms with van der Waals surface area (Å²) in [6.45, 7) is 4.73. The van der Waals surface area contributed by atoms with E-state index in [1.807, 2.05) is 32.0 Å². The van der Waals surface area contributed by atoms with Crippen molar-refractivity contribution >= 4 is 0 Å². The number of halogens is 3. The maximum atomic E-state index is 12.5. The van der Waals surface area contributed by atoms with Gasteiger partial charge in [0.1, 0.15) is 0 Å². The Hall–Kier alpha value is -1.82. The predicted octanol–water partition coefficient (Wildman–Crippen LogP) is 3.39. The zero-order chi connectivity index (χ0) is 14.8. The Labute approximate surface area is 115 Å². The van der Waals surface area contributed by atoms with Crippen LogP contribution in [0.1, 0.15) is 25.1 Å². The van der Waals surface area contributed by atoms with E-state index in [1.165, 1.54) is 10.9 Å². The van der Waals surface area contributed by atoms with Crippen molar-refractivity contribution < 1.29 is 13.2 Å². The van der Waals surface area contributed by atoms with Gasteiger partial charge in [-0.05, 0) is 23.8 Å². The number of benzene rings is 1. The van der Waals surface area contributed by atoms with Gasteiger partial charge in [0.05, 0.1) is 5.69 Å². The van der Waals surface area contributed by atoms with Crippen LogP contribution >= 0.6 is 0 Å². The van der Waals surface area contributed by atoms with Crippen LogP contribution in [-0.4, -0.2) is 15.8 Å². The third-order valence-corrected chi connectivity index (χ3v) is 2.77. The number of alkyl halides is 3. The maximum absolute atomic E-state index is 12.5. The summed E-state index contributed by atoms with van der Waals surface area (Å²) < 4.78 is 38.8. The number of nitrogens with zero attached hydrogens (tertiary/aromatic N) is 2. The van der Waals surface area contributed by atoms with E-state index in [-0.39, 0.29) is 0 Å². The second-order valence-corrected chi connectivity index (χ2v) is 4.85. The standard InChI is InChI=1S/C14H16F3N3/c1-10(2)18-9-11-4-3-5-12(8-11)20-7-6-13(19-20)14(15,16)17/h3-8,10,18H,9H2,1-2H3. The first-order valence-corrected chi connectivity index (χ1v) is 6.32. The molecule has 0 spiro atoms. The molecule has 0 saturated heterocycles. The molecule has 0 unspecified atom stereocenters.